The first-order valence-corrected chi connectivity index (χ1v) is 5.69. The molecule has 4 nitrogen and oxygen atoms in total. The Hall–Kier alpha value is -1.07. The fourth-order valence-electron chi connectivity index (χ4n) is 1.17. The summed E-state index contributed by atoms with van der Waals surface area (Å²) in [6.07, 6.45) is -0.00606. The molecule has 0 saturated carbocycles. The van der Waals surface area contributed by atoms with Gasteiger partial charge in [0.15, 0.2) is 0 Å². The van der Waals surface area contributed by atoms with Gasteiger partial charge in [-0.1, -0.05) is 15.9 Å². The zero-order valence-corrected chi connectivity index (χ0v) is 10.9. The van der Waals surface area contributed by atoms with Gasteiger partial charge in [0, 0.05) is 29.4 Å². The molecule has 0 heterocycles. The number of nitrogens with two attached hydrogens (primary N) is 1. The lowest BCUT2D eigenvalue weighted by atomic mass is 10.2. The number of amides is 1. The van der Waals surface area contributed by atoms with Crippen molar-refractivity contribution in [1.82, 2.24) is 5.32 Å². The highest BCUT2D eigenvalue weighted by Crippen LogP contribution is 2.17. The van der Waals surface area contributed by atoms with E-state index in [4.69, 9.17) is 10.5 Å². The molecule has 1 rings (SSSR count). The van der Waals surface area contributed by atoms with Gasteiger partial charge in [0.05, 0.1) is 6.10 Å². The van der Waals surface area contributed by atoms with Crippen LogP contribution in [0.4, 0.5) is 5.69 Å². The average molecular weight is 287 g/mol. The van der Waals surface area contributed by atoms with Gasteiger partial charge in [-0.25, -0.2) is 0 Å². The molecule has 0 spiro atoms. The molecule has 88 valence electrons. The number of hydrogen-bond acceptors (Lipinski definition) is 3. The van der Waals surface area contributed by atoms with Crippen LogP contribution in [0.1, 0.15) is 17.3 Å². The van der Waals surface area contributed by atoms with Crippen LogP contribution in [0.15, 0.2) is 22.7 Å². The normalized spacial score (nSPS) is 12.2. The van der Waals surface area contributed by atoms with E-state index >= 15 is 0 Å². The quantitative estimate of drug-likeness (QED) is 0.830. The number of anilines is 1. The van der Waals surface area contributed by atoms with Gasteiger partial charge in [-0.3, -0.25) is 4.79 Å². The van der Waals surface area contributed by atoms with Crippen molar-refractivity contribution in [3.05, 3.63) is 28.2 Å². The van der Waals surface area contributed by atoms with Gasteiger partial charge in [0.1, 0.15) is 0 Å². The highest BCUT2D eigenvalue weighted by molar-refractivity contribution is 9.10. The van der Waals surface area contributed by atoms with E-state index in [0.29, 0.717) is 17.8 Å². The maximum atomic E-state index is 11.7. The van der Waals surface area contributed by atoms with Crippen LogP contribution in [-0.4, -0.2) is 25.7 Å². The van der Waals surface area contributed by atoms with Crippen LogP contribution < -0.4 is 11.1 Å². The van der Waals surface area contributed by atoms with E-state index in [9.17, 15) is 4.79 Å². The van der Waals surface area contributed by atoms with Crippen molar-refractivity contribution in [2.45, 2.75) is 13.0 Å². The SMILES string of the molecule is COC(C)CNC(=O)c1cc(N)cc(Br)c1. The molecule has 1 atom stereocenters. The van der Waals surface area contributed by atoms with E-state index < -0.39 is 0 Å². The van der Waals surface area contributed by atoms with Gasteiger partial charge in [-0.15, -0.1) is 0 Å². The van der Waals surface area contributed by atoms with Crippen molar-refractivity contribution in [2.24, 2.45) is 0 Å². The summed E-state index contributed by atoms with van der Waals surface area (Å²) < 4.78 is 5.82. The number of nitrogen functional groups attached to an aromatic ring is 1. The van der Waals surface area contributed by atoms with Crippen molar-refractivity contribution in [1.29, 1.82) is 0 Å². The van der Waals surface area contributed by atoms with Gasteiger partial charge in [-0.2, -0.15) is 0 Å². The standard InChI is InChI=1S/C11H15BrN2O2/c1-7(16-2)6-14-11(15)8-3-9(12)5-10(13)4-8/h3-5,7H,6,13H2,1-2H3,(H,14,15). The zero-order valence-electron chi connectivity index (χ0n) is 9.29. The van der Waals surface area contributed by atoms with Crippen LogP contribution in [0, 0.1) is 0 Å². The Morgan fingerprint density at radius 1 is 1.56 bits per heavy atom. The molecule has 0 radical (unpaired) electrons. The number of rotatable bonds is 4. The molecular formula is C11H15BrN2O2. The number of carbonyl (C=O) groups is 1. The van der Waals surface area contributed by atoms with E-state index in [2.05, 4.69) is 21.2 Å². The van der Waals surface area contributed by atoms with Crippen LogP contribution in [0.3, 0.4) is 0 Å². The molecule has 5 heteroatoms. The number of methoxy groups -OCH3 is 1. The second-order valence-corrected chi connectivity index (χ2v) is 4.45. The smallest absolute Gasteiger partial charge is 0.251 e. The fraction of sp³-hybridized carbons (Fsp3) is 0.364. The predicted octanol–water partition coefficient (Wildman–Crippen LogP) is 1.80. The number of carbonyl (C=O) groups excluding carboxylic acids is 1. The van der Waals surface area contributed by atoms with Crippen molar-refractivity contribution in [2.75, 3.05) is 19.4 Å². The van der Waals surface area contributed by atoms with Gasteiger partial charge in [0.25, 0.3) is 5.91 Å². The van der Waals surface area contributed by atoms with Crippen molar-refractivity contribution in [3.63, 3.8) is 0 Å². The van der Waals surface area contributed by atoms with Gasteiger partial charge >= 0.3 is 0 Å². The molecule has 0 fully saturated rings. The summed E-state index contributed by atoms with van der Waals surface area (Å²) >= 11 is 3.29. The molecule has 0 aliphatic heterocycles. The summed E-state index contributed by atoms with van der Waals surface area (Å²) in [5, 5.41) is 2.76. The molecule has 16 heavy (non-hydrogen) atoms. The molecule has 0 saturated heterocycles. The Labute approximate surface area is 103 Å². The van der Waals surface area contributed by atoms with Crippen LogP contribution in [0.2, 0.25) is 0 Å². The number of ether oxygens (including phenoxy) is 1. The molecule has 0 bridgehead atoms. The van der Waals surface area contributed by atoms with Crippen molar-refractivity contribution < 1.29 is 9.53 Å². The van der Waals surface area contributed by atoms with E-state index in [-0.39, 0.29) is 12.0 Å². The van der Waals surface area contributed by atoms with E-state index in [1.807, 2.05) is 6.92 Å². The number of nitrogens with one attached hydrogen (secondary N) is 1. The zero-order chi connectivity index (χ0) is 12.1. The van der Waals surface area contributed by atoms with Gasteiger partial charge in [-0.05, 0) is 25.1 Å². The first kappa shape index (κ1) is 13.0. The molecule has 0 aliphatic carbocycles. The lowest BCUT2D eigenvalue weighted by Crippen LogP contribution is -2.31. The lowest BCUT2D eigenvalue weighted by Gasteiger charge is -2.11. The Kier molecular flexibility index (Phi) is 4.76. The third-order valence-corrected chi connectivity index (χ3v) is 2.59. The fourth-order valence-corrected chi connectivity index (χ4v) is 1.68. The summed E-state index contributed by atoms with van der Waals surface area (Å²) in [5.74, 6) is -0.156. The Bertz CT molecular complexity index is 362. The predicted molar refractivity (Wildman–Crippen MR) is 67.4 cm³/mol. The third-order valence-electron chi connectivity index (χ3n) is 2.13. The van der Waals surface area contributed by atoms with Crippen LogP contribution >= 0.6 is 15.9 Å². The minimum atomic E-state index is -0.156. The minimum absolute atomic E-state index is 0.00606. The van der Waals surface area contributed by atoms with Gasteiger partial charge < -0.3 is 15.8 Å². The minimum Gasteiger partial charge on any atom is -0.399 e. The van der Waals surface area contributed by atoms with E-state index in [1.54, 1.807) is 25.3 Å². The summed E-state index contributed by atoms with van der Waals surface area (Å²) in [6.45, 7) is 2.36. The maximum absolute atomic E-state index is 11.7. The molecule has 1 unspecified atom stereocenters. The monoisotopic (exact) mass is 286 g/mol. The number of halogens is 1. The summed E-state index contributed by atoms with van der Waals surface area (Å²) in [7, 11) is 1.61. The first-order chi connectivity index (χ1) is 7.52. The Morgan fingerprint density at radius 2 is 2.25 bits per heavy atom. The Balaban J connectivity index is 2.66. The molecule has 1 amide bonds. The highest BCUT2D eigenvalue weighted by atomic mass is 79.9. The second-order valence-electron chi connectivity index (χ2n) is 3.53. The largest absolute Gasteiger partial charge is 0.399 e. The molecule has 1 aromatic carbocycles. The summed E-state index contributed by atoms with van der Waals surface area (Å²) in [4.78, 5) is 11.7. The van der Waals surface area contributed by atoms with Crippen molar-refractivity contribution >= 4 is 27.5 Å². The summed E-state index contributed by atoms with van der Waals surface area (Å²) in [6, 6.07) is 5.11. The molecule has 0 aliphatic rings. The van der Waals surface area contributed by atoms with Crippen LogP contribution in [0.5, 0.6) is 0 Å². The average Bonchev–Trinajstić information content (AvgIpc) is 2.23. The second kappa shape index (κ2) is 5.86. The molecule has 0 aromatic heterocycles. The van der Waals surface area contributed by atoms with E-state index in [1.165, 1.54) is 0 Å². The lowest BCUT2D eigenvalue weighted by molar-refractivity contribution is 0.0870. The topological polar surface area (TPSA) is 64.3 Å². The summed E-state index contributed by atoms with van der Waals surface area (Å²) in [5.41, 5.74) is 6.74. The van der Waals surface area contributed by atoms with Crippen LogP contribution in [0.25, 0.3) is 0 Å². The van der Waals surface area contributed by atoms with Gasteiger partial charge in [0.2, 0.25) is 0 Å². The molecule has 1 aromatic rings. The van der Waals surface area contributed by atoms with Crippen LogP contribution in [-0.2, 0) is 4.74 Å². The van der Waals surface area contributed by atoms with E-state index in [0.717, 1.165) is 4.47 Å². The number of benzene rings is 1. The molecule has 3 N–H and O–H groups in total. The Morgan fingerprint density at radius 3 is 2.81 bits per heavy atom. The number of hydrogen-bond donors (Lipinski definition) is 2. The molecular weight excluding hydrogens is 272 g/mol. The maximum Gasteiger partial charge on any atom is 0.251 e. The third kappa shape index (κ3) is 3.83. The first-order valence-electron chi connectivity index (χ1n) is 4.90. The highest BCUT2D eigenvalue weighted by Gasteiger charge is 2.08. The van der Waals surface area contributed by atoms with Crippen molar-refractivity contribution in [3.8, 4) is 0 Å².